The molecule has 4 heteroatoms. The summed E-state index contributed by atoms with van der Waals surface area (Å²) < 4.78 is 0. The molecule has 1 fully saturated rings. The van der Waals surface area contributed by atoms with Gasteiger partial charge in [0.15, 0.2) is 0 Å². The Morgan fingerprint density at radius 3 is 2.50 bits per heavy atom. The van der Waals surface area contributed by atoms with Crippen LogP contribution in [0.3, 0.4) is 0 Å². The Hall–Kier alpha value is -2.62. The van der Waals surface area contributed by atoms with Crippen molar-refractivity contribution < 1.29 is 9.59 Å². The van der Waals surface area contributed by atoms with E-state index in [0.717, 1.165) is 32.4 Å². The molecule has 1 heterocycles. The summed E-state index contributed by atoms with van der Waals surface area (Å²) in [5, 5.41) is 2.88. The number of benzene rings is 2. The molecule has 0 unspecified atom stereocenters. The highest BCUT2D eigenvalue weighted by Crippen LogP contribution is 2.46. The van der Waals surface area contributed by atoms with Gasteiger partial charge in [0.1, 0.15) is 0 Å². The van der Waals surface area contributed by atoms with Crippen molar-refractivity contribution in [3.63, 3.8) is 0 Å². The average Bonchev–Trinajstić information content (AvgIpc) is 3.07. The maximum Gasteiger partial charge on any atom is 0.253 e. The van der Waals surface area contributed by atoms with E-state index in [-0.39, 0.29) is 23.1 Å². The van der Waals surface area contributed by atoms with Gasteiger partial charge in [0, 0.05) is 30.3 Å². The normalized spacial score (nSPS) is 17.6. The van der Waals surface area contributed by atoms with E-state index in [4.69, 9.17) is 0 Å². The second-order valence-electron chi connectivity index (χ2n) is 8.45. The van der Waals surface area contributed by atoms with E-state index in [1.807, 2.05) is 36.9 Å². The van der Waals surface area contributed by atoms with Crippen LogP contribution in [0.25, 0.3) is 0 Å². The predicted molar refractivity (Wildman–Crippen MR) is 111 cm³/mol. The molecule has 4 rings (SSSR count). The Labute approximate surface area is 166 Å². The van der Waals surface area contributed by atoms with E-state index >= 15 is 0 Å². The second kappa shape index (κ2) is 7.42. The van der Waals surface area contributed by atoms with Crippen LogP contribution in [0, 0.1) is 5.92 Å². The Morgan fingerprint density at radius 2 is 1.75 bits per heavy atom. The first-order valence-corrected chi connectivity index (χ1v) is 10.3. The molecule has 1 aliphatic heterocycles. The fraction of sp³-hybridized carbons (Fsp3) is 0.417. The highest BCUT2D eigenvalue weighted by molar-refractivity contribution is 5.97. The van der Waals surface area contributed by atoms with Gasteiger partial charge in [-0.1, -0.05) is 44.2 Å². The molecule has 4 nitrogen and oxygen atoms in total. The van der Waals surface area contributed by atoms with Crippen molar-refractivity contribution in [3.05, 3.63) is 65.2 Å². The van der Waals surface area contributed by atoms with Gasteiger partial charge in [-0.25, -0.2) is 0 Å². The third kappa shape index (κ3) is 3.44. The SMILES string of the molecule is CC(C)C(=O)Nc1cccc(C(=O)N2CCC3(CCc4ccccc43)CC2)c1. The van der Waals surface area contributed by atoms with Crippen LogP contribution >= 0.6 is 0 Å². The minimum absolute atomic E-state index is 0.0376. The van der Waals surface area contributed by atoms with Crippen LogP contribution < -0.4 is 5.32 Å². The third-order valence-electron chi connectivity index (χ3n) is 6.37. The number of fused-ring (bicyclic) bond motifs is 2. The number of anilines is 1. The summed E-state index contributed by atoms with van der Waals surface area (Å²) in [6, 6.07) is 16.1. The van der Waals surface area contributed by atoms with Gasteiger partial charge in [-0.15, -0.1) is 0 Å². The summed E-state index contributed by atoms with van der Waals surface area (Å²) >= 11 is 0. The van der Waals surface area contributed by atoms with Gasteiger partial charge >= 0.3 is 0 Å². The fourth-order valence-corrected chi connectivity index (χ4v) is 4.62. The first kappa shape index (κ1) is 18.7. The Kier molecular flexibility index (Phi) is 4.96. The van der Waals surface area contributed by atoms with Crippen LogP contribution in [-0.2, 0) is 16.6 Å². The molecule has 2 aromatic rings. The minimum Gasteiger partial charge on any atom is -0.339 e. The number of likely N-dealkylation sites (tertiary alicyclic amines) is 1. The van der Waals surface area contributed by atoms with Crippen molar-refractivity contribution in [2.75, 3.05) is 18.4 Å². The summed E-state index contributed by atoms with van der Waals surface area (Å²) in [7, 11) is 0. The molecule has 146 valence electrons. The van der Waals surface area contributed by atoms with Crippen LogP contribution in [-0.4, -0.2) is 29.8 Å². The molecule has 0 aromatic heterocycles. The van der Waals surface area contributed by atoms with Crippen LogP contribution in [0.5, 0.6) is 0 Å². The van der Waals surface area contributed by atoms with Crippen LogP contribution in [0.1, 0.15) is 54.6 Å². The number of carbonyl (C=O) groups is 2. The lowest BCUT2D eigenvalue weighted by molar-refractivity contribution is -0.118. The second-order valence-corrected chi connectivity index (χ2v) is 8.45. The van der Waals surface area contributed by atoms with Crippen molar-refractivity contribution in [1.29, 1.82) is 0 Å². The van der Waals surface area contributed by atoms with E-state index in [0.29, 0.717) is 11.3 Å². The largest absolute Gasteiger partial charge is 0.339 e. The fourth-order valence-electron chi connectivity index (χ4n) is 4.62. The highest BCUT2D eigenvalue weighted by Gasteiger charge is 2.41. The molecule has 0 bridgehead atoms. The predicted octanol–water partition coefficient (Wildman–Crippen LogP) is 4.40. The Balaban J connectivity index is 1.44. The molecule has 1 N–H and O–H groups in total. The van der Waals surface area contributed by atoms with E-state index in [1.54, 1.807) is 6.07 Å². The summed E-state index contributed by atoms with van der Waals surface area (Å²) in [6.45, 7) is 5.29. The molecule has 1 saturated heterocycles. The van der Waals surface area contributed by atoms with Crippen LogP contribution in [0.15, 0.2) is 48.5 Å². The topological polar surface area (TPSA) is 49.4 Å². The van der Waals surface area contributed by atoms with E-state index in [9.17, 15) is 9.59 Å². The van der Waals surface area contributed by atoms with Gasteiger partial charge in [-0.3, -0.25) is 9.59 Å². The number of rotatable bonds is 3. The van der Waals surface area contributed by atoms with Crippen molar-refractivity contribution in [2.45, 2.75) is 44.9 Å². The van der Waals surface area contributed by atoms with E-state index in [1.165, 1.54) is 17.5 Å². The molecule has 28 heavy (non-hydrogen) atoms. The lowest BCUT2D eigenvalue weighted by atomic mass is 9.74. The van der Waals surface area contributed by atoms with Gasteiger partial charge in [0.05, 0.1) is 0 Å². The molecular weight excluding hydrogens is 348 g/mol. The zero-order chi connectivity index (χ0) is 19.7. The van der Waals surface area contributed by atoms with Crippen molar-refractivity contribution in [2.24, 2.45) is 5.92 Å². The van der Waals surface area contributed by atoms with Crippen molar-refractivity contribution in [3.8, 4) is 0 Å². The lowest BCUT2D eigenvalue weighted by Crippen LogP contribution is -2.44. The quantitative estimate of drug-likeness (QED) is 0.863. The van der Waals surface area contributed by atoms with Gasteiger partial charge in [0.25, 0.3) is 5.91 Å². The molecule has 0 atom stereocenters. The number of hydrogen-bond donors (Lipinski definition) is 1. The molecular formula is C24H28N2O2. The summed E-state index contributed by atoms with van der Waals surface area (Å²) in [5.74, 6) is -0.0712. The van der Waals surface area contributed by atoms with Gasteiger partial charge in [-0.05, 0) is 60.4 Å². The zero-order valence-corrected chi connectivity index (χ0v) is 16.7. The minimum atomic E-state index is -0.0908. The molecule has 0 saturated carbocycles. The number of amides is 2. The maximum absolute atomic E-state index is 13.0. The standard InChI is InChI=1S/C24H28N2O2/c1-17(2)22(27)25-20-8-5-7-19(16-20)23(28)26-14-12-24(13-15-26)11-10-18-6-3-4-9-21(18)24/h3-9,16-17H,10-15H2,1-2H3,(H,25,27). The maximum atomic E-state index is 13.0. The summed E-state index contributed by atoms with van der Waals surface area (Å²) in [5.41, 5.74) is 4.56. The molecule has 1 spiro atoms. The molecule has 2 aromatic carbocycles. The highest BCUT2D eigenvalue weighted by atomic mass is 16.2. The monoisotopic (exact) mass is 376 g/mol. The zero-order valence-electron chi connectivity index (χ0n) is 16.7. The number of piperidine rings is 1. The number of carbonyl (C=O) groups excluding carboxylic acids is 2. The van der Waals surface area contributed by atoms with Gasteiger partial charge in [0.2, 0.25) is 5.91 Å². The van der Waals surface area contributed by atoms with Crippen LogP contribution in [0.2, 0.25) is 0 Å². The van der Waals surface area contributed by atoms with Gasteiger partial charge < -0.3 is 10.2 Å². The number of nitrogens with one attached hydrogen (secondary N) is 1. The van der Waals surface area contributed by atoms with E-state index in [2.05, 4.69) is 29.6 Å². The first-order chi connectivity index (χ1) is 13.5. The molecule has 2 aliphatic rings. The number of hydrogen-bond acceptors (Lipinski definition) is 2. The Bertz CT molecular complexity index is 895. The average molecular weight is 377 g/mol. The smallest absolute Gasteiger partial charge is 0.253 e. The van der Waals surface area contributed by atoms with Crippen LogP contribution in [0.4, 0.5) is 5.69 Å². The molecule has 0 radical (unpaired) electrons. The summed E-state index contributed by atoms with van der Waals surface area (Å²) in [6.07, 6.45) is 4.41. The lowest BCUT2D eigenvalue weighted by Gasteiger charge is -2.40. The van der Waals surface area contributed by atoms with Crippen molar-refractivity contribution >= 4 is 17.5 Å². The first-order valence-electron chi connectivity index (χ1n) is 10.3. The number of aryl methyl sites for hydroxylation is 1. The van der Waals surface area contributed by atoms with Crippen molar-refractivity contribution in [1.82, 2.24) is 4.90 Å². The molecule has 1 aliphatic carbocycles. The summed E-state index contributed by atoms with van der Waals surface area (Å²) in [4.78, 5) is 26.9. The Morgan fingerprint density at radius 1 is 1.00 bits per heavy atom. The number of nitrogens with zero attached hydrogens (tertiary/aromatic N) is 1. The molecule has 2 amide bonds. The third-order valence-corrected chi connectivity index (χ3v) is 6.37. The van der Waals surface area contributed by atoms with Gasteiger partial charge in [-0.2, -0.15) is 0 Å². The van der Waals surface area contributed by atoms with E-state index < -0.39 is 0 Å².